The lowest BCUT2D eigenvalue weighted by atomic mass is 10.1. The first-order valence-electron chi connectivity index (χ1n) is 5.90. The van der Waals surface area contributed by atoms with Crippen LogP contribution in [0.2, 0.25) is 0 Å². The fourth-order valence-electron chi connectivity index (χ4n) is 1.89. The van der Waals surface area contributed by atoms with Gasteiger partial charge in [-0.1, -0.05) is 24.3 Å². The van der Waals surface area contributed by atoms with Crippen LogP contribution in [0.5, 0.6) is 0 Å². The molecule has 2 rings (SSSR count). The summed E-state index contributed by atoms with van der Waals surface area (Å²) in [6.07, 6.45) is 0. The van der Waals surface area contributed by atoms with Gasteiger partial charge in [0.05, 0.1) is 16.3 Å². The minimum atomic E-state index is -0.557. The molecular weight excluding hydrogens is 258 g/mol. The zero-order chi connectivity index (χ0) is 14.7. The summed E-state index contributed by atoms with van der Waals surface area (Å²) in [5, 5.41) is 13.6. The largest absolute Gasteiger partial charge is 0.397 e. The summed E-state index contributed by atoms with van der Waals surface area (Å²) < 4.78 is 0. The average molecular weight is 271 g/mol. The van der Waals surface area contributed by atoms with E-state index in [0.717, 1.165) is 0 Å². The maximum absolute atomic E-state index is 12.2. The number of hydrogen-bond acceptors (Lipinski definition) is 4. The molecule has 0 heterocycles. The van der Waals surface area contributed by atoms with Crippen molar-refractivity contribution in [3.8, 4) is 0 Å². The Kier molecular flexibility index (Phi) is 3.65. The summed E-state index contributed by atoms with van der Waals surface area (Å²) in [6, 6.07) is 11.3. The molecule has 0 radical (unpaired) electrons. The Labute approximate surface area is 115 Å². The predicted molar refractivity (Wildman–Crippen MR) is 76.6 cm³/mol. The molecule has 20 heavy (non-hydrogen) atoms. The number of carbonyl (C=O) groups is 1. The van der Waals surface area contributed by atoms with E-state index in [2.05, 4.69) is 5.32 Å². The Morgan fingerprint density at radius 2 is 1.90 bits per heavy atom. The maximum atomic E-state index is 12.2. The van der Waals surface area contributed by atoms with E-state index in [-0.39, 0.29) is 11.3 Å². The van der Waals surface area contributed by atoms with Gasteiger partial charge in [-0.05, 0) is 25.1 Å². The van der Waals surface area contributed by atoms with Crippen LogP contribution in [0.4, 0.5) is 17.1 Å². The standard InChI is InChI=1S/C14H13N3O3/c1-9-5-4-6-10(13(9)17(19)20)14(18)16-12-8-3-2-7-11(12)15/h2-8H,15H2,1H3,(H,16,18). The van der Waals surface area contributed by atoms with Gasteiger partial charge in [-0.2, -0.15) is 0 Å². The van der Waals surface area contributed by atoms with Gasteiger partial charge in [0.15, 0.2) is 0 Å². The number of carbonyl (C=O) groups excluding carboxylic acids is 1. The molecule has 0 saturated heterocycles. The molecule has 2 aromatic rings. The van der Waals surface area contributed by atoms with E-state index in [9.17, 15) is 14.9 Å². The van der Waals surface area contributed by atoms with E-state index in [1.54, 1.807) is 43.3 Å². The quantitative estimate of drug-likeness (QED) is 0.509. The van der Waals surface area contributed by atoms with Gasteiger partial charge in [0.1, 0.15) is 5.56 Å². The van der Waals surface area contributed by atoms with Crippen LogP contribution in [0.25, 0.3) is 0 Å². The van der Waals surface area contributed by atoms with Gasteiger partial charge >= 0.3 is 0 Å². The second kappa shape index (κ2) is 5.40. The molecule has 0 unspecified atom stereocenters. The minimum Gasteiger partial charge on any atom is -0.397 e. The topological polar surface area (TPSA) is 98.3 Å². The highest BCUT2D eigenvalue weighted by molar-refractivity contribution is 6.08. The summed E-state index contributed by atoms with van der Waals surface area (Å²) in [7, 11) is 0. The number of nitro groups is 1. The molecule has 0 spiro atoms. The zero-order valence-corrected chi connectivity index (χ0v) is 10.8. The number of anilines is 2. The van der Waals surface area contributed by atoms with Crippen LogP contribution >= 0.6 is 0 Å². The number of nitrogen functional groups attached to an aromatic ring is 1. The minimum absolute atomic E-state index is 0.0123. The van der Waals surface area contributed by atoms with Crippen molar-refractivity contribution >= 4 is 23.0 Å². The smallest absolute Gasteiger partial charge is 0.285 e. The summed E-state index contributed by atoms with van der Waals surface area (Å²) in [6.45, 7) is 1.59. The second-order valence-electron chi connectivity index (χ2n) is 4.27. The Balaban J connectivity index is 2.38. The van der Waals surface area contributed by atoms with Gasteiger partial charge in [-0.3, -0.25) is 14.9 Å². The fourth-order valence-corrected chi connectivity index (χ4v) is 1.89. The molecular formula is C14H13N3O3. The van der Waals surface area contributed by atoms with E-state index in [1.807, 2.05) is 0 Å². The van der Waals surface area contributed by atoms with Crippen LogP contribution in [-0.4, -0.2) is 10.8 Å². The van der Waals surface area contributed by atoms with Crippen molar-refractivity contribution in [1.82, 2.24) is 0 Å². The third-order valence-corrected chi connectivity index (χ3v) is 2.87. The third-order valence-electron chi connectivity index (χ3n) is 2.87. The summed E-state index contributed by atoms with van der Waals surface area (Å²) in [4.78, 5) is 22.7. The molecule has 0 bridgehead atoms. The van der Waals surface area contributed by atoms with E-state index < -0.39 is 10.8 Å². The zero-order valence-electron chi connectivity index (χ0n) is 10.8. The van der Waals surface area contributed by atoms with Crippen molar-refractivity contribution in [2.75, 3.05) is 11.1 Å². The number of nitro benzene ring substituents is 1. The molecule has 0 fully saturated rings. The van der Waals surface area contributed by atoms with Gasteiger partial charge in [0.2, 0.25) is 0 Å². The van der Waals surface area contributed by atoms with Crippen LogP contribution in [-0.2, 0) is 0 Å². The normalized spacial score (nSPS) is 10.1. The Bertz CT molecular complexity index is 683. The van der Waals surface area contributed by atoms with Crippen molar-refractivity contribution in [2.24, 2.45) is 0 Å². The number of nitrogens with two attached hydrogens (primary N) is 1. The number of benzene rings is 2. The highest BCUT2D eigenvalue weighted by atomic mass is 16.6. The average Bonchev–Trinajstić information content (AvgIpc) is 2.40. The van der Waals surface area contributed by atoms with Crippen molar-refractivity contribution < 1.29 is 9.72 Å². The molecule has 6 nitrogen and oxygen atoms in total. The fraction of sp³-hybridized carbons (Fsp3) is 0.0714. The van der Waals surface area contributed by atoms with Gasteiger partial charge < -0.3 is 11.1 Å². The SMILES string of the molecule is Cc1cccc(C(=O)Nc2ccccc2N)c1[N+](=O)[O-]. The number of para-hydroxylation sites is 3. The highest BCUT2D eigenvalue weighted by Gasteiger charge is 2.22. The summed E-state index contributed by atoms with van der Waals surface area (Å²) >= 11 is 0. The summed E-state index contributed by atoms with van der Waals surface area (Å²) in [5.41, 5.74) is 6.80. The van der Waals surface area contributed by atoms with Gasteiger partial charge in [0, 0.05) is 5.56 Å². The monoisotopic (exact) mass is 271 g/mol. The number of nitrogens with one attached hydrogen (secondary N) is 1. The Morgan fingerprint density at radius 3 is 2.55 bits per heavy atom. The molecule has 0 aromatic heterocycles. The first kappa shape index (κ1) is 13.5. The lowest BCUT2D eigenvalue weighted by Gasteiger charge is -2.09. The Hall–Kier alpha value is -2.89. The molecule has 102 valence electrons. The van der Waals surface area contributed by atoms with E-state index in [4.69, 9.17) is 5.73 Å². The van der Waals surface area contributed by atoms with Crippen molar-refractivity contribution in [1.29, 1.82) is 0 Å². The molecule has 0 aliphatic carbocycles. The number of amides is 1. The Morgan fingerprint density at radius 1 is 1.20 bits per heavy atom. The van der Waals surface area contributed by atoms with Gasteiger partial charge in [-0.25, -0.2) is 0 Å². The van der Waals surface area contributed by atoms with Crippen LogP contribution in [0.1, 0.15) is 15.9 Å². The third kappa shape index (κ3) is 2.59. The van der Waals surface area contributed by atoms with E-state index in [1.165, 1.54) is 6.07 Å². The summed E-state index contributed by atoms with van der Waals surface area (Å²) in [5.74, 6) is -0.557. The van der Waals surface area contributed by atoms with Crippen LogP contribution in [0.3, 0.4) is 0 Å². The lowest BCUT2D eigenvalue weighted by molar-refractivity contribution is -0.385. The molecule has 2 aromatic carbocycles. The van der Waals surface area contributed by atoms with Gasteiger partial charge in [-0.15, -0.1) is 0 Å². The number of hydrogen-bond donors (Lipinski definition) is 2. The molecule has 6 heteroatoms. The van der Waals surface area contributed by atoms with Crippen molar-refractivity contribution in [3.05, 3.63) is 63.7 Å². The highest BCUT2D eigenvalue weighted by Crippen LogP contribution is 2.25. The lowest BCUT2D eigenvalue weighted by Crippen LogP contribution is -2.15. The number of nitrogens with zero attached hydrogens (tertiary/aromatic N) is 1. The molecule has 1 amide bonds. The molecule has 0 saturated carbocycles. The number of rotatable bonds is 3. The van der Waals surface area contributed by atoms with Crippen LogP contribution in [0.15, 0.2) is 42.5 Å². The molecule has 0 aliphatic heterocycles. The van der Waals surface area contributed by atoms with Crippen LogP contribution in [0, 0.1) is 17.0 Å². The second-order valence-corrected chi connectivity index (χ2v) is 4.27. The molecule has 0 aliphatic rings. The van der Waals surface area contributed by atoms with Gasteiger partial charge in [0.25, 0.3) is 11.6 Å². The number of aryl methyl sites for hydroxylation is 1. The predicted octanol–water partition coefficient (Wildman–Crippen LogP) is 2.74. The maximum Gasteiger partial charge on any atom is 0.285 e. The van der Waals surface area contributed by atoms with Crippen molar-refractivity contribution in [2.45, 2.75) is 6.92 Å². The molecule has 3 N–H and O–H groups in total. The van der Waals surface area contributed by atoms with E-state index in [0.29, 0.717) is 16.9 Å². The van der Waals surface area contributed by atoms with Crippen LogP contribution < -0.4 is 11.1 Å². The van der Waals surface area contributed by atoms with E-state index >= 15 is 0 Å². The molecule has 0 atom stereocenters. The van der Waals surface area contributed by atoms with Crippen molar-refractivity contribution in [3.63, 3.8) is 0 Å². The first-order valence-corrected chi connectivity index (χ1v) is 5.90. The first-order chi connectivity index (χ1) is 9.50.